The van der Waals surface area contributed by atoms with Crippen LogP contribution in [0.4, 0.5) is 0 Å². The molecule has 1 rings (SSSR count). The van der Waals surface area contributed by atoms with Crippen LogP contribution in [-0.2, 0) is 6.42 Å². The van der Waals surface area contributed by atoms with Crippen molar-refractivity contribution >= 4 is 23.2 Å². The largest absolute Gasteiger partial charge is 0.226 e. The second kappa shape index (κ2) is 4.01. The molecule has 0 unspecified atom stereocenters. The van der Waals surface area contributed by atoms with Crippen LogP contribution in [0.1, 0.15) is 19.7 Å². The van der Waals surface area contributed by atoms with Crippen molar-refractivity contribution in [3.05, 3.63) is 16.4 Å². The lowest BCUT2D eigenvalue weighted by molar-refractivity contribution is 0.617. The summed E-state index contributed by atoms with van der Waals surface area (Å²) < 4.78 is 0. The highest BCUT2D eigenvalue weighted by Crippen LogP contribution is 2.09. The first-order valence-electron chi connectivity index (χ1n) is 3.64. The minimum Gasteiger partial charge on any atom is -0.203 e. The molecule has 0 aliphatic carbocycles. The molecule has 0 N–H and O–H groups in total. The summed E-state index contributed by atoms with van der Waals surface area (Å²) in [6.07, 6.45) is 0.766. The average Bonchev–Trinajstić information content (AvgIpc) is 1.81. The molecule has 0 radical (unpaired) electrons. The van der Waals surface area contributed by atoms with Gasteiger partial charge in [-0.15, -0.1) is 0 Å². The predicted octanol–water partition coefficient (Wildman–Crippen LogP) is 2.38. The van der Waals surface area contributed by atoms with Crippen molar-refractivity contribution in [1.82, 2.24) is 15.0 Å². The zero-order valence-electron chi connectivity index (χ0n) is 6.88. The molecule has 1 aromatic heterocycles. The first-order valence-corrected chi connectivity index (χ1v) is 4.39. The van der Waals surface area contributed by atoms with Crippen LogP contribution in [0.15, 0.2) is 0 Å². The average molecular weight is 206 g/mol. The predicted molar refractivity (Wildman–Crippen MR) is 48.4 cm³/mol. The monoisotopic (exact) mass is 205 g/mol. The molecule has 66 valence electrons. The first kappa shape index (κ1) is 9.68. The van der Waals surface area contributed by atoms with Gasteiger partial charge in [0.15, 0.2) is 0 Å². The summed E-state index contributed by atoms with van der Waals surface area (Å²) in [4.78, 5) is 11.5. The van der Waals surface area contributed by atoms with Crippen LogP contribution in [0.5, 0.6) is 0 Å². The molecule has 0 amide bonds. The van der Waals surface area contributed by atoms with E-state index in [2.05, 4.69) is 28.8 Å². The number of nitrogens with zero attached hydrogens (tertiary/aromatic N) is 3. The Balaban J connectivity index is 2.85. The van der Waals surface area contributed by atoms with Crippen LogP contribution in [0.25, 0.3) is 0 Å². The summed E-state index contributed by atoms with van der Waals surface area (Å²) in [6.45, 7) is 4.15. The maximum Gasteiger partial charge on any atom is 0.226 e. The van der Waals surface area contributed by atoms with Gasteiger partial charge < -0.3 is 0 Å². The van der Waals surface area contributed by atoms with Crippen LogP contribution >= 0.6 is 23.2 Å². The van der Waals surface area contributed by atoms with E-state index in [0.717, 1.165) is 6.42 Å². The highest BCUT2D eigenvalue weighted by molar-refractivity contribution is 6.30. The minimum atomic E-state index is 0.158. The molecule has 0 atom stereocenters. The van der Waals surface area contributed by atoms with E-state index in [1.54, 1.807) is 0 Å². The molecule has 0 aromatic carbocycles. The molecule has 0 fully saturated rings. The molecule has 0 saturated heterocycles. The third-order valence-electron chi connectivity index (χ3n) is 1.22. The smallest absolute Gasteiger partial charge is 0.203 e. The topological polar surface area (TPSA) is 38.7 Å². The lowest BCUT2D eigenvalue weighted by Gasteiger charge is -2.02. The maximum absolute atomic E-state index is 5.59. The Morgan fingerprint density at radius 3 is 2.00 bits per heavy atom. The molecule has 1 aromatic rings. The molecule has 0 aliphatic heterocycles. The highest BCUT2D eigenvalue weighted by atomic mass is 35.5. The molecule has 12 heavy (non-hydrogen) atoms. The van der Waals surface area contributed by atoms with Gasteiger partial charge in [-0.1, -0.05) is 13.8 Å². The van der Waals surface area contributed by atoms with E-state index in [0.29, 0.717) is 11.7 Å². The van der Waals surface area contributed by atoms with Crippen LogP contribution < -0.4 is 0 Å². The molecule has 0 saturated carbocycles. The van der Waals surface area contributed by atoms with E-state index in [9.17, 15) is 0 Å². The van der Waals surface area contributed by atoms with E-state index in [4.69, 9.17) is 23.2 Å². The summed E-state index contributed by atoms with van der Waals surface area (Å²) in [5, 5.41) is 0.316. The fourth-order valence-corrected chi connectivity index (χ4v) is 1.22. The zero-order chi connectivity index (χ0) is 9.14. The van der Waals surface area contributed by atoms with E-state index in [1.165, 1.54) is 0 Å². The van der Waals surface area contributed by atoms with Gasteiger partial charge in [0, 0.05) is 6.42 Å². The molecule has 0 bridgehead atoms. The van der Waals surface area contributed by atoms with Gasteiger partial charge in [0.25, 0.3) is 0 Å². The van der Waals surface area contributed by atoms with E-state index < -0.39 is 0 Å². The molecule has 1 heterocycles. The zero-order valence-corrected chi connectivity index (χ0v) is 8.39. The summed E-state index contributed by atoms with van der Waals surface area (Å²) >= 11 is 11.2. The van der Waals surface area contributed by atoms with Gasteiger partial charge in [-0.25, -0.2) is 9.97 Å². The van der Waals surface area contributed by atoms with Gasteiger partial charge in [0.2, 0.25) is 10.6 Å². The van der Waals surface area contributed by atoms with Crippen molar-refractivity contribution in [2.45, 2.75) is 20.3 Å². The second-order valence-electron chi connectivity index (χ2n) is 2.89. The van der Waals surface area contributed by atoms with Gasteiger partial charge in [-0.3, -0.25) is 0 Å². The molecular weight excluding hydrogens is 197 g/mol. The van der Waals surface area contributed by atoms with Crippen molar-refractivity contribution < 1.29 is 0 Å². The second-order valence-corrected chi connectivity index (χ2v) is 3.56. The van der Waals surface area contributed by atoms with Crippen molar-refractivity contribution in [3.63, 3.8) is 0 Å². The maximum atomic E-state index is 5.59. The third kappa shape index (κ3) is 2.91. The number of hydrogen-bond acceptors (Lipinski definition) is 3. The lowest BCUT2D eigenvalue weighted by atomic mass is 10.1. The fourth-order valence-electron chi connectivity index (χ4n) is 0.821. The number of hydrogen-bond donors (Lipinski definition) is 0. The molecule has 0 aliphatic rings. The molecule has 3 nitrogen and oxygen atoms in total. The van der Waals surface area contributed by atoms with Crippen LogP contribution in [0.2, 0.25) is 10.6 Å². The van der Waals surface area contributed by atoms with Crippen LogP contribution in [-0.4, -0.2) is 15.0 Å². The normalized spacial score (nSPS) is 10.8. The lowest BCUT2D eigenvalue weighted by Crippen LogP contribution is -2.02. The van der Waals surface area contributed by atoms with Crippen LogP contribution in [0, 0.1) is 5.92 Å². The Bertz CT molecular complexity index is 255. The highest BCUT2D eigenvalue weighted by Gasteiger charge is 2.04. The molecular formula is C7H9Cl2N3. The van der Waals surface area contributed by atoms with Gasteiger partial charge in [-0.05, 0) is 29.1 Å². The van der Waals surface area contributed by atoms with Crippen molar-refractivity contribution in [3.8, 4) is 0 Å². The van der Waals surface area contributed by atoms with Crippen molar-refractivity contribution in [1.29, 1.82) is 0 Å². The Hall–Kier alpha value is -0.410. The van der Waals surface area contributed by atoms with E-state index >= 15 is 0 Å². The molecule has 0 spiro atoms. The van der Waals surface area contributed by atoms with Crippen molar-refractivity contribution in [2.75, 3.05) is 0 Å². The minimum absolute atomic E-state index is 0.158. The van der Waals surface area contributed by atoms with Crippen molar-refractivity contribution in [2.24, 2.45) is 5.92 Å². The SMILES string of the molecule is CC(C)Cc1nc(Cl)nc(Cl)n1. The first-order chi connectivity index (χ1) is 5.58. The van der Waals surface area contributed by atoms with E-state index in [1.807, 2.05) is 0 Å². The summed E-state index contributed by atoms with van der Waals surface area (Å²) in [6, 6.07) is 0. The summed E-state index contributed by atoms with van der Waals surface area (Å²) in [7, 11) is 0. The molecule has 5 heteroatoms. The standard InChI is InChI=1S/C7H9Cl2N3/c1-4(2)3-5-10-6(8)12-7(9)11-5/h4H,3H2,1-2H3. The number of halogens is 2. The van der Waals surface area contributed by atoms with Gasteiger partial charge in [0.1, 0.15) is 5.82 Å². The Kier molecular flexibility index (Phi) is 3.23. The fraction of sp³-hybridized carbons (Fsp3) is 0.571. The van der Waals surface area contributed by atoms with E-state index in [-0.39, 0.29) is 10.6 Å². The number of rotatable bonds is 2. The number of aromatic nitrogens is 3. The Labute approximate surface area is 81.2 Å². The van der Waals surface area contributed by atoms with Crippen LogP contribution in [0.3, 0.4) is 0 Å². The van der Waals surface area contributed by atoms with Gasteiger partial charge in [-0.2, -0.15) is 4.98 Å². The Morgan fingerprint density at radius 1 is 1.08 bits per heavy atom. The Morgan fingerprint density at radius 2 is 1.58 bits per heavy atom. The third-order valence-corrected chi connectivity index (χ3v) is 1.56. The van der Waals surface area contributed by atoms with Gasteiger partial charge >= 0.3 is 0 Å². The summed E-state index contributed by atoms with van der Waals surface area (Å²) in [5.41, 5.74) is 0. The van der Waals surface area contributed by atoms with Gasteiger partial charge in [0.05, 0.1) is 0 Å². The quantitative estimate of drug-likeness (QED) is 0.745. The summed E-state index contributed by atoms with van der Waals surface area (Å²) in [5.74, 6) is 1.13.